The SMILES string of the molecule is CC[C@@H](C(=O)NC(C)(C)C)N(Cc1ccc(Cl)cc1Cl)C(=O)CCCN(c1ccc(F)c(F)c1)S(C)(=O)=O. The van der Waals surface area contributed by atoms with Gasteiger partial charge in [-0.15, -0.1) is 0 Å². The third kappa shape index (κ3) is 9.10. The van der Waals surface area contributed by atoms with Crippen LogP contribution in [-0.2, 0) is 26.2 Å². The van der Waals surface area contributed by atoms with Crippen LogP contribution in [0.15, 0.2) is 36.4 Å². The number of sulfonamides is 1. The van der Waals surface area contributed by atoms with Gasteiger partial charge in [0.1, 0.15) is 6.04 Å². The quantitative estimate of drug-likeness (QED) is 0.371. The first-order valence-electron chi connectivity index (χ1n) is 12.0. The number of carbonyl (C=O) groups is 2. The topological polar surface area (TPSA) is 86.8 Å². The van der Waals surface area contributed by atoms with Crippen LogP contribution in [0.3, 0.4) is 0 Å². The van der Waals surface area contributed by atoms with Gasteiger partial charge >= 0.3 is 0 Å². The fourth-order valence-corrected chi connectivity index (χ4v) is 5.28. The molecule has 0 saturated carbocycles. The molecule has 0 spiro atoms. The molecule has 0 aliphatic carbocycles. The molecule has 0 aromatic heterocycles. The summed E-state index contributed by atoms with van der Waals surface area (Å²) < 4.78 is 52.7. The second-order valence-corrected chi connectivity index (χ2v) is 12.7. The Labute approximate surface area is 233 Å². The van der Waals surface area contributed by atoms with Gasteiger partial charge in [-0.1, -0.05) is 36.2 Å². The molecule has 210 valence electrons. The Balaban J connectivity index is 2.29. The van der Waals surface area contributed by atoms with Crippen molar-refractivity contribution in [3.63, 3.8) is 0 Å². The van der Waals surface area contributed by atoms with E-state index in [1.165, 1.54) is 4.90 Å². The molecule has 2 aromatic rings. The molecule has 0 bridgehead atoms. The normalized spacial score (nSPS) is 12.7. The first-order valence-corrected chi connectivity index (χ1v) is 14.6. The third-order valence-corrected chi connectivity index (χ3v) is 7.36. The van der Waals surface area contributed by atoms with E-state index in [1.807, 2.05) is 20.8 Å². The van der Waals surface area contributed by atoms with Crippen molar-refractivity contribution in [3.8, 4) is 0 Å². The lowest BCUT2D eigenvalue weighted by atomic mass is 10.0. The van der Waals surface area contributed by atoms with Gasteiger partial charge in [-0.25, -0.2) is 17.2 Å². The van der Waals surface area contributed by atoms with Crippen molar-refractivity contribution in [1.82, 2.24) is 10.2 Å². The minimum absolute atomic E-state index is 0.0316. The lowest BCUT2D eigenvalue weighted by Crippen LogP contribution is -2.53. The van der Waals surface area contributed by atoms with Gasteiger partial charge in [0.25, 0.3) is 0 Å². The number of hydrogen-bond acceptors (Lipinski definition) is 4. The molecule has 0 fully saturated rings. The predicted molar refractivity (Wildman–Crippen MR) is 147 cm³/mol. The van der Waals surface area contributed by atoms with E-state index in [9.17, 15) is 26.8 Å². The Morgan fingerprint density at radius 2 is 1.71 bits per heavy atom. The van der Waals surface area contributed by atoms with E-state index in [-0.39, 0.29) is 37.5 Å². The zero-order valence-corrected chi connectivity index (χ0v) is 24.4. The smallest absolute Gasteiger partial charge is 0.243 e. The third-order valence-electron chi connectivity index (χ3n) is 5.58. The first kappa shape index (κ1) is 31.8. The number of anilines is 1. The minimum Gasteiger partial charge on any atom is -0.350 e. The van der Waals surface area contributed by atoms with Crippen LogP contribution in [0.25, 0.3) is 0 Å². The summed E-state index contributed by atoms with van der Waals surface area (Å²) in [6.45, 7) is 7.15. The van der Waals surface area contributed by atoms with Gasteiger partial charge < -0.3 is 10.2 Å². The van der Waals surface area contributed by atoms with Crippen molar-refractivity contribution >= 4 is 50.7 Å². The predicted octanol–water partition coefficient (Wildman–Crippen LogP) is 5.54. The van der Waals surface area contributed by atoms with Crippen LogP contribution in [-0.4, -0.2) is 49.5 Å². The summed E-state index contributed by atoms with van der Waals surface area (Å²) in [7, 11) is -3.85. The maximum atomic E-state index is 13.8. The Kier molecular flexibility index (Phi) is 10.9. The van der Waals surface area contributed by atoms with Crippen molar-refractivity contribution in [3.05, 3.63) is 63.6 Å². The zero-order chi connectivity index (χ0) is 28.8. The monoisotopic (exact) mass is 591 g/mol. The highest BCUT2D eigenvalue weighted by Crippen LogP contribution is 2.25. The second kappa shape index (κ2) is 13.1. The highest BCUT2D eigenvalue weighted by molar-refractivity contribution is 7.92. The molecule has 0 aliphatic rings. The highest BCUT2D eigenvalue weighted by Gasteiger charge is 2.31. The standard InChI is InChI=1S/C26H33Cl2F2N3O4S/c1-6-23(25(35)31-26(2,3)4)32(16-17-9-10-18(27)14-20(17)28)24(34)8-7-13-33(38(5,36)37)19-11-12-21(29)22(30)15-19/h9-12,14-15,23H,6-8,13,16H2,1-5H3,(H,31,35)/t23-/m0/s1. The summed E-state index contributed by atoms with van der Waals surface area (Å²) in [4.78, 5) is 28.0. The molecule has 1 N–H and O–H groups in total. The van der Waals surface area contributed by atoms with E-state index in [0.717, 1.165) is 28.8 Å². The number of hydrogen-bond donors (Lipinski definition) is 1. The van der Waals surface area contributed by atoms with Gasteiger partial charge in [0.05, 0.1) is 11.9 Å². The lowest BCUT2D eigenvalue weighted by Gasteiger charge is -2.33. The van der Waals surface area contributed by atoms with Crippen LogP contribution >= 0.6 is 23.2 Å². The van der Waals surface area contributed by atoms with Crippen LogP contribution in [0.1, 0.15) is 52.5 Å². The summed E-state index contributed by atoms with van der Waals surface area (Å²) in [5.74, 6) is -3.02. The van der Waals surface area contributed by atoms with Crippen molar-refractivity contribution < 1.29 is 26.8 Å². The van der Waals surface area contributed by atoms with E-state index in [0.29, 0.717) is 22.0 Å². The van der Waals surface area contributed by atoms with E-state index in [1.54, 1.807) is 25.1 Å². The van der Waals surface area contributed by atoms with Gasteiger partial charge in [-0.3, -0.25) is 13.9 Å². The molecule has 1 atom stereocenters. The zero-order valence-electron chi connectivity index (χ0n) is 22.0. The maximum Gasteiger partial charge on any atom is 0.243 e. The molecule has 0 saturated heterocycles. The maximum absolute atomic E-state index is 13.8. The van der Waals surface area contributed by atoms with E-state index >= 15 is 0 Å². The average Bonchev–Trinajstić information content (AvgIpc) is 2.78. The molecular weight excluding hydrogens is 559 g/mol. The molecule has 2 rings (SSSR count). The molecular formula is C26H33Cl2F2N3O4S. The number of halogens is 4. The van der Waals surface area contributed by atoms with Crippen LogP contribution in [0, 0.1) is 11.6 Å². The Bertz CT molecular complexity index is 1270. The molecule has 0 aliphatic heterocycles. The fraction of sp³-hybridized carbons (Fsp3) is 0.462. The van der Waals surface area contributed by atoms with E-state index in [2.05, 4.69) is 5.32 Å². The van der Waals surface area contributed by atoms with Crippen molar-refractivity contribution in [2.75, 3.05) is 17.1 Å². The summed E-state index contributed by atoms with van der Waals surface area (Å²) in [5, 5.41) is 3.66. The minimum atomic E-state index is -3.85. The first-order chi connectivity index (χ1) is 17.5. The van der Waals surface area contributed by atoms with E-state index < -0.39 is 39.1 Å². The van der Waals surface area contributed by atoms with E-state index in [4.69, 9.17) is 23.2 Å². The molecule has 0 radical (unpaired) electrons. The van der Waals surface area contributed by atoms with Gasteiger partial charge in [-0.2, -0.15) is 0 Å². The number of rotatable bonds is 11. The lowest BCUT2D eigenvalue weighted by molar-refractivity contribution is -0.142. The van der Waals surface area contributed by atoms with Crippen LogP contribution in [0.5, 0.6) is 0 Å². The van der Waals surface area contributed by atoms with Crippen LogP contribution in [0.4, 0.5) is 14.5 Å². The molecule has 0 heterocycles. The summed E-state index contributed by atoms with van der Waals surface area (Å²) in [5.41, 5.74) is 0.00278. The number of nitrogens with one attached hydrogen (secondary N) is 1. The molecule has 12 heteroatoms. The Morgan fingerprint density at radius 3 is 2.24 bits per heavy atom. The molecule has 7 nitrogen and oxygen atoms in total. The Morgan fingerprint density at radius 1 is 1.05 bits per heavy atom. The highest BCUT2D eigenvalue weighted by atomic mass is 35.5. The van der Waals surface area contributed by atoms with Crippen molar-refractivity contribution in [1.29, 1.82) is 0 Å². The van der Waals surface area contributed by atoms with Gasteiger partial charge in [-0.05, 0) is 63.4 Å². The number of carbonyl (C=O) groups excluding carboxylic acids is 2. The summed E-state index contributed by atoms with van der Waals surface area (Å²) in [6.07, 6.45) is 1.21. The van der Waals surface area contributed by atoms with Gasteiger partial charge in [0.2, 0.25) is 21.8 Å². The Hall–Kier alpha value is -2.43. The second-order valence-electron chi connectivity index (χ2n) is 9.96. The fourth-order valence-electron chi connectivity index (χ4n) is 3.85. The van der Waals surface area contributed by atoms with Crippen molar-refractivity contribution in [2.45, 2.75) is 65.1 Å². The number of benzene rings is 2. The van der Waals surface area contributed by atoms with Crippen LogP contribution < -0.4 is 9.62 Å². The molecule has 38 heavy (non-hydrogen) atoms. The molecule has 2 amide bonds. The summed E-state index contributed by atoms with van der Waals surface area (Å²) in [6, 6.07) is 6.82. The molecule has 0 unspecified atom stereocenters. The molecule has 2 aromatic carbocycles. The van der Waals surface area contributed by atoms with Gasteiger partial charge in [0, 0.05) is 41.2 Å². The number of amides is 2. The van der Waals surface area contributed by atoms with Crippen LogP contribution in [0.2, 0.25) is 10.0 Å². The van der Waals surface area contributed by atoms with Crippen molar-refractivity contribution in [2.24, 2.45) is 0 Å². The average molecular weight is 593 g/mol. The number of nitrogens with zero attached hydrogens (tertiary/aromatic N) is 2. The van der Waals surface area contributed by atoms with Gasteiger partial charge in [0.15, 0.2) is 11.6 Å². The largest absolute Gasteiger partial charge is 0.350 e. The summed E-state index contributed by atoms with van der Waals surface area (Å²) >= 11 is 12.4.